The van der Waals surface area contributed by atoms with Crippen molar-refractivity contribution in [1.82, 2.24) is 20.4 Å². The van der Waals surface area contributed by atoms with E-state index in [0.29, 0.717) is 6.41 Å². The fraction of sp³-hybridized carbons (Fsp3) is 0.364. The van der Waals surface area contributed by atoms with Crippen molar-refractivity contribution in [1.29, 1.82) is 5.26 Å². The first-order chi connectivity index (χ1) is 22.3. The monoisotopic (exact) mass is 648 g/mol. The fourth-order valence-electron chi connectivity index (χ4n) is 4.04. The first kappa shape index (κ1) is 37.5. The zero-order chi connectivity index (χ0) is 35.0. The number of nitrogens with one attached hydrogen (secondary N) is 2. The lowest BCUT2D eigenvalue weighted by Gasteiger charge is -2.24. The van der Waals surface area contributed by atoms with Gasteiger partial charge in [0, 0.05) is 26.3 Å². The van der Waals surface area contributed by atoms with Crippen LogP contribution in [-0.2, 0) is 23.9 Å². The van der Waals surface area contributed by atoms with E-state index in [9.17, 15) is 29.1 Å². The molecule has 0 saturated carbocycles. The maximum Gasteiger partial charge on any atom is 0.413 e. The summed E-state index contributed by atoms with van der Waals surface area (Å²) in [5, 5.41) is 23.1. The number of ether oxygens (including phenoxy) is 2. The zero-order valence-corrected chi connectivity index (χ0v) is 27.1. The molecule has 0 saturated heterocycles. The van der Waals surface area contributed by atoms with Crippen LogP contribution in [-0.4, -0.2) is 90.0 Å². The Bertz CT molecular complexity index is 1450. The molecule has 4 amide bonds. The van der Waals surface area contributed by atoms with Gasteiger partial charge in [0.2, 0.25) is 12.3 Å². The number of carboxylic acids is 1. The number of hydrogen-bond donors (Lipinski definition) is 3. The third-order valence-corrected chi connectivity index (χ3v) is 6.54. The number of carbonyl (C=O) groups excluding carboxylic acids is 4. The highest BCUT2D eigenvalue weighted by atomic mass is 16.6. The third kappa shape index (κ3) is 13.4. The number of amides is 4. The van der Waals surface area contributed by atoms with Gasteiger partial charge in [-0.3, -0.25) is 24.7 Å². The smallest absolute Gasteiger partial charge is 0.413 e. The second-order valence-corrected chi connectivity index (χ2v) is 11.1. The van der Waals surface area contributed by atoms with E-state index in [1.807, 2.05) is 68.4 Å². The second-order valence-electron chi connectivity index (χ2n) is 11.1. The molecule has 0 radical (unpaired) electrons. The summed E-state index contributed by atoms with van der Waals surface area (Å²) in [4.78, 5) is 66.9. The van der Waals surface area contributed by atoms with Crippen molar-refractivity contribution in [2.45, 2.75) is 45.8 Å². The van der Waals surface area contributed by atoms with Crippen LogP contribution in [0.4, 0.5) is 9.59 Å². The van der Waals surface area contributed by atoms with E-state index in [-0.39, 0.29) is 25.3 Å². The number of rotatable bonds is 15. The van der Waals surface area contributed by atoms with Crippen LogP contribution in [0.3, 0.4) is 0 Å². The van der Waals surface area contributed by atoms with Crippen LogP contribution in [0.15, 0.2) is 65.8 Å². The fourth-order valence-corrected chi connectivity index (χ4v) is 4.04. The Kier molecular flexibility index (Phi) is 14.6. The minimum atomic E-state index is -1.30. The molecule has 47 heavy (non-hydrogen) atoms. The topological polar surface area (TPSA) is 191 Å². The van der Waals surface area contributed by atoms with Gasteiger partial charge in [-0.05, 0) is 44.9 Å². The van der Waals surface area contributed by atoms with Gasteiger partial charge in [0.05, 0.1) is 12.5 Å². The highest BCUT2D eigenvalue weighted by Gasteiger charge is 2.24. The summed E-state index contributed by atoms with van der Waals surface area (Å²) < 4.78 is 10.9. The van der Waals surface area contributed by atoms with Gasteiger partial charge in [0.25, 0.3) is 0 Å². The Labute approximate surface area is 273 Å². The van der Waals surface area contributed by atoms with E-state index in [4.69, 9.17) is 14.7 Å². The third-order valence-electron chi connectivity index (χ3n) is 6.54. The average Bonchev–Trinajstić information content (AvgIpc) is 3.01. The Morgan fingerprint density at radius 2 is 1.57 bits per heavy atom. The Morgan fingerprint density at radius 3 is 2.06 bits per heavy atom. The van der Waals surface area contributed by atoms with Crippen LogP contribution >= 0.6 is 0 Å². The zero-order valence-electron chi connectivity index (χ0n) is 27.1. The largest absolute Gasteiger partial charge is 0.480 e. The molecule has 2 rings (SSSR count). The lowest BCUT2D eigenvalue weighted by atomic mass is 9.99. The van der Waals surface area contributed by atoms with Gasteiger partial charge < -0.3 is 29.7 Å². The van der Waals surface area contributed by atoms with Gasteiger partial charge in [0.15, 0.2) is 6.10 Å². The van der Waals surface area contributed by atoms with Gasteiger partial charge in [-0.25, -0.2) is 9.59 Å². The van der Waals surface area contributed by atoms with E-state index in [1.165, 1.54) is 19.3 Å². The minimum absolute atomic E-state index is 0.0123. The van der Waals surface area contributed by atoms with Crippen molar-refractivity contribution in [2.24, 2.45) is 4.99 Å². The predicted molar refractivity (Wildman–Crippen MR) is 172 cm³/mol. The van der Waals surface area contributed by atoms with Gasteiger partial charge >= 0.3 is 18.2 Å². The maximum absolute atomic E-state index is 13.0. The van der Waals surface area contributed by atoms with Crippen LogP contribution < -0.4 is 10.6 Å². The van der Waals surface area contributed by atoms with Gasteiger partial charge in [-0.2, -0.15) is 5.26 Å². The van der Waals surface area contributed by atoms with E-state index >= 15 is 0 Å². The summed E-state index contributed by atoms with van der Waals surface area (Å²) in [5.74, 6) is -2.03. The van der Waals surface area contributed by atoms with Crippen molar-refractivity contribution in [3.8, 4) is 6.07 Å². The van der Waals surface area contributed by atoms with Crippen LogP contribution in [0.25, 0.3) is 0 Å². The summed E-state index contributed by atoms with van der Waals surface area (Å²) in [6, 6.07) is 17.0. The molecular formula is C33H40N6O8. The maximum atomic E-state index is 13.0. The Balaban J connectivity index is 2.02. The molecule has 0 fully saturated rings. The van der Waals surface area contributed by atoms with Crippen molar-refractivity contribution in [3.05, 3.63) is 83.1 Å². The number of aliphatic imine (C=N–C) groups is 1. The summed E-state index contributed by atoms with van der Waals surface area (Å²) in [7, 11) is 1.37. The van der Waals surface area contributed by atoms with Crippen LogP contribution in [0.2, 0.25) is 0 Å². The molecule has 0 heterocycles. The molecule has 250 valence electrons. The molecule has 0 atom stereocenters. The number of aryl methyl sites for hydroxylation is 2. The minimum Gasteiger partial charge on any atom is -0.480 e. The summed E-state index contributed by atoms with van der Waals surface area (Å²) >= 11 is 0. The number of amidine groups is 1. The lowest BCUT2D eigenvalue weighted by molar-refractivity contribution is -0.145. The number of alkyl carbamates (subject to hydrolysis) is 2. The van der Waals surface area contributed by atoms with Gasteiger partial charge in [0.1, 0.15) is 24.5 Å². The predicted octanol–water partition coefficient (Wildman–Crippen LogP) is 3.45. The molecule has 0 spiro atoms. The van der Waals surface area contributed by atoms with E-state index in [0.717, 1.165) is 32.1 Å². The summed E-state index contributed by atoms with van der Waals surface area (Å²) in [6.45, 7) is 5.45. The molecule has 0 aliphatic heterocycles. The van der Waals surface area contributed by atoms with Gasteiger partial charge in [-0.15, -0.1) is 0 Å². The number of carboxylic acid groups (broad SMARTS) is 1. The first-order valence-electron chi connectivity index (χ1n) is 14.6. The molecule has 0 bridgehead atoms. The van der Waals surface area contributed by atoms with E-state index in [2.05, 4.69) is 15.6 Å². The molecule has 0 aliphatic rings. The van der Waals surface area contributed by atoms with E-state index in [1.54, 1.807) is 13.8 Å². The van der Waals surface area contributed by atoms with Crippen molar-refractivity contribution >= 4 is 36.3 Å². The summed E-state index contributed by atoms with van der Waals surface area (Å²) in [5.41, 5.74) is 2.54. The number of carbonyl (C=O) groups is 5. The molecular weight excluding hydrogens is 608 g/mol. The summed E-state index contributed by atoms with van der Waals surface area (Å²) in [6.07, 6.45) is 0.327. The van der Waals surface area contributed by atoms with Gasteiger partial charge in [-0.1, -0.05) is 59.7 Å². The van der Waals surface area contributed by atoms with Crippen molar-refractivity contribution in [2.75, 3.05) is 33.2 Å². The average molecular weight is 649 g/mol. The Hall–Kier alpha value is -5.71. The highest BCUT2D eigenvalue weighted by Crippen LogP contribution is 2.27. The molecule has 3 N–H and O–H groups in total. The molecule has 2 aromatic carbocycles. The highest BCUT2D eigenvalue weighted by molar-refractivity contribution is 6.02. The Morgan fingerprint density at radius 1 is 1.00 bits per heavy atom. The molecule has 2 aromatic rings. The number of nitriles is 1. The van der Waals surface area contributed by atoms with Crippen LogP contribution in [0.5, 0.6) is 0 Å². The lowest BCUT2D eigenvalue weighted by Crippen LogP contribution is -2.45. The van der Waals surface area contributed by atoms with Crippen LogP contribution in [0.1, 0.15) is 48.6 Å². The van der Waals surface area contributed by atoms with Crippen molar-refractivity contribution in [3.63, 3.8) is 0 Å². The number of nitrogens with zero attached hydrogens (tertiary/aromatic N) is 4. The standard InChI is InChI=1S/C33H40N6O8/c1-23-6-10-25(11-7-23)30(26-12-8-24(2)9-13-26)46-31(44)36-17-19-39(21-29(42)43)28(41)20-38(22-40)18-14-27(35-5)37-32(45)47-33(3,4)15-16-34/h6-14,18,22,30H,15,17,19-21H2,1-5H3,(H,36,44)(H,42,43)(H,35,37,45)/b18-14-. The van der Waals surface area contributed by atoms with Crippen LogP contribution in [0, 0.1) is 25.2 Å². The van der Waals surface area contributed by atoms with Crippen molar-refractivity contribution < 1.29 is 38.6 Å². The first-order valence-corrected chi connectivity index (χ1v) is 14.6. The number of benzene rings is 2. The van der Waals surface area contributed by atoms with E-state index < -0.39 is 48.9 Å². The molecule has 0 aliphatic carbocycles. The quantitative estimate of drug-likeness (QED) is 0.147. The second kappa shape index (κ2) is 18.3. The number of hydrogen-bond acceptors (Lipinski definition) is 9. The normalized spacial score (nSPS) is 11.4. The molecule has 0 aromatic heterocycles. The SMILES string of the molecule is CN=C(/C=C\N(C=O)CC(=O)N(CCNC(=O)OC(c1ccc(C)cc1)c1ccc(C)cc1)CC(=O)O)NC(=O)OC(C)(C)CC#N. The molecule has 14 nitrogen and oxygen atoms in total. The molecule has 14 heteroatoms. The number of aliphatic carboxylic acids is 1. The molecule has 0 unspecified atom stereocenters.